The normalized spacial score (nSPS) is 10.8. The van der Waals surface area contributed by atoms with Crippen molar-refractivity contribution < 1.29 is 9.59 Å². The van der Waals surface area contributed by atoms with E-state index in [0.29, 0.717) is 0 Å². The molecule has 0 spiro atoms. The van der Waals surface area contributed by atoms with Crippen LogP contribution in [0.1, 0.15) is 12.8 Å². The maximum atomic E-state index is 9.73. The van der Waals surface area contributed by atoms with E-state index in [-0.39, 0.29) is 0 Å². The van der Waals surface area contributed by atoms with Crippen molar-refractivity contribution in [2.45, 2.75) is 12.8 Å². The van der Waals surface area contributed by atoms with Crippen molar-refractivity contribution in [1.82, 2.24) is 0 Å². The van der Waals surface area contributed by atoms with Gasteiger partial charge in [-0.3, -0.25) is 9.59 Å². The maximum absolute atomic E-state index is 9.73. The monoisotopic (exact) mass is 138 g/mol. The van der Waals surface area contributed by atoms with Gasteiger partial charge in [-0.05, 0) is 25.0 Å². The van der Waals surface area contributed by atoms with Crippen LogP contribution >= 0.6 is 0 Å². The molecule has 0 rings (SSSR count). The molecule has 0 aromatic rings. The van der Waals surface area contributed by atoms with Crippen LogP contribution in [0.2, 0.25) is 0 Å². The van der Waals surface area contributed by atoms with Gasteiger partial charge in [0.1, 0.15) is 12.6 Å². The van der Waals surface area contributed by atoms with E-state index in [9.17, 15) is 9.59 Å². The summed E-state index contributed by atoms with van der Waals surface area (Å²) >= 11 is 0. The molecule has 0 aromatic heterocycles. The van der Waals surface area contributed by atoms with Crippen LogP contribution < -0.4 is 0 Å². The second-order valence-corrected chi connectivity index (χ2v) is 1.71. The summed E-state index contributed by atoms with van der Waals surface area (Å²) in [5.41, 5.74) is 0. The summed E-state index contributed by atoms with van der Waals surface area (Å²) in [6.07, 6.45) is 9.53. The van der Waals surface area contributed by atoms with Crippen LogP contribution in [0.25, 0.3) is 0 Å². The Hall–Kier alpha value is -1.18. The molecule has 10 heavy (non-hydrogen) atoms. The Morgan fingerprint density at radius 1 is 0.800 bits per heavy atom. The predicted molar refractivity (Wildman–Crippen MR) is 39.6 cm³/mol. The summed E-state index contributed by atoms with van der Waals surface area (Å²) in [5.74, 6) is 0. The molecule has 0 N–H and O–H groups in total. The highest BCUT2D eigenvalue weighted by Crippen LogP contribution is 1.90. The van der Waals surface area contributed by atoms with E-state index in [0.717, 1.165) is 25.4 Å². The number of allylic oxidation sites excluding steroid dienone is 4. The first kappa shape index (κ1) is 8.82. The smallest absolute Gasteiger partial charge is 0.142 e. The van der Waals surface area contributed by atoms with Crippen molar-refractivity contribution in [3.63, 3.8) is 0 Å². The van der Waals surface area contributed by atoms with E-state index < -0.39 is 0 Å². The molecule has 0 aromatic carbocycles. The zero-order valence-corrected chi connectivity index (χ0v) is 5.69. The fourth-order valence-corrected chi connectivity index (χ4v) is 0.496. The first-order valence-electron chi connectivity index (χ1n) is 3.12. The molecule has 0 aliphatic rings. The van der Waals surface area contributed by atoms with Gasteiger partial charge in [0.2, 0.25) is 0 Å². The van der Waals surface area contributed by atoms with Gasteiger partial charge in [0.05, 0.1) is 0 Å². The largest absolute Gasteiger partial charge is 0.299 e. The second-order valence-electron chi connectivity index (χ2n) is 1.71. The average Bonchev–Trinajstić information content (AvgIpc) is 1.97. The predicted octanol–water partition coefficient (Wildman–Crippen LogP) is 1.28. The summed E-state index contributed by atoms with van der Waals surface area (Å²) in [6, 6.07) is 0. The maximum Gasteiger partial charge on any atom is 0.142 e. The number of hydrogen-bond acceptors (Lipinski definition) is 2. The number of unbranched alkanes of at least 4 members (excludes halogenated alkanes) is 1. The summed E-state index contributed by atoms with van der Waals surface area (Å²) in [5, 5.41) is 0. The van der Waals surface area contributed by atoms with E-state index in [1.165, 1.54) is 12.2 Å². The van der Waals surface area contributed by atoms with E-state index in [1.807, 2.05) is 0 Å². The van der Waals surface area contributed by atoms with Gasteiger partial charge in [0, 0.05) is 0 Å². The van der Waals surface area contributed by atoms with Gasteiger partial charge in [-0.15, -0.1) is 0 Å². The Morgan fingerprint density at radius 2 is 1.20 bits per heavy atom. The van der Waals surface area contributed by atoms with E-state index >= 15 is 0 Å². The lowest BCUT2D eigenvalue weighted by molar-refractivity contribution is -0.104. The molecule has 2 heteroatoms. The van der Waals surface area contributed by atoms with Crippen LogP contribution in [-0.2, 0) is 9.59 Å². The molecule has 0 fully saturated rings. The summed E-state index contributed by atoms with van der Waals surface area (Å²) in [7, 11) is 0. The van der Waals surface area contributed by atoms with Crippen molar-refractivity contribution >= 4 is 12.6 Å². The van der Waals surface area contributed by atoms with Crippen LogP contribution in [0.15, 0.2) is 24.3 Å². The Balaban J connectivity index is 3.19. The lowest BCUT2D eigenvalue weighted by Gasteiger charge is -1.80. The first-order chi connectivity index (χ1) is 4.91. The average molecular weight is 138 g/mol. The molecule has 0 unspecified atom stereocenters. The third kappa shape index (κ3) is 6.82. The van der Waals surface area contributed by atoms with Crippen LogP contribution in [0.5, 0.6) is 0 Å². The van der Waals surface area contributed by atoms with E-state index in [4.69, 9.17) is 0 Å². The Kier molecular flexibility index (Phi) is 6.90. The van der Waals surface area contributed by atoms with E-state index in [1.54, 1.807) is 12.2 Å². The van der Waals surface area contributed by atoms with Gasteiger partial charge >= 0.3 is 0 Å². The zero-order chi connectivity index (χ0) is 7.66. The van der Waals surface area contributed by atoms with Gasteiger partial charge in [-0.25, -0.2) is 0 Å². The molecule has 0 heterocycles. The Morgan fingerprint density at radius 3 is 1.50 bits per heavy atom. The minimum absolute atomic E-state index is 0.740. The van der Waals surface area contributed by atoms with Crippen LogP contribution in [0.3, 0.4) is 0 Å². The molecule has 2 nitrogen and oxygen atoms in total. The lowest BCUT2D eigenvalue weighted by Crippen LogP contribution is -1.66. The van der Waals surface area contributed by atoms with Crippen molar-refractivity contribution in [2.75, 3.05) is 0 Å². The molecule has 0 aliphatic carbocycles. The Labute approximate surface area is 60.2 Å². The fraction of sp³-hybridized carbons (Fsp3) is 0.250. The number of carbonyl (C=O) groups is 2. The minimum Gasteiger partial charge on any atom is -0.299 e. The topological polar surface area (TPSA) is 34.1 Å². The number of aldehydes is 2. The number of hydrogen-bond donors (Lipinski definition) is 0. The van der Waals surface area contributed by atoms with Crippen LogP contribution in [0, 0.1) is 0 Å². The highest BCUT2D eigenvalue weighted by molar-refractivity contribution is 5.65. The SMILES string of the molecule is O=C/C=C/CC/C=C/C=O. The summed E-state index contributed by atoms with van der Waals surface area (Å²) < 4.78 is 0. The highest BCUT2D eigenvalue weighted by atomic mass is 16.1. The van der Waals surface area contributed by atoms with Crippen molar-refractivity contribution in [3.8, 4) is 0 Å². The second kappa shape index (κ2) is 7.82. The third-order valence-corrected chi connectivity index (χ3v) is 0.929. The minimum atomic E-state index is 0.740. The number of rotatable bonds is 5. The standard InChI is InChI=1S/C8H10O2/c9-7-5-3-1-2-4-6-8-10/h3-8H,1-2H2/b5-3+,6-4+. The van der Waals surface area contributed by atoms with Crippen LogP contribution in [0.4, 0.5) is 0 Å². The molecule has 54 valence electrons. The summed E-state index contributed by atoms with van der Waals surface area (Å²) in [6.45, 7) is 0. The highest BCUT2D eigenvalue weighted by Gasteiger charge is 1.73. The van der Waals surface area contributed by atoms with E-state index in [2.05, 4.69) is 0 Å². The number of carbonyl (C=O) groups excluding carboxylic acids is 2. The molecule has 0 atom stereocenters. The Bertz CT molecular complexity index is 127. The molecule has 0 saturated heterocycles. The van der Waals surface area contributed by atoms with Crippen molar-refractivity contribution in [3.05, 3.63) is 24.3 Å². The van der Waals surface area contributed by atoms with Gasteiger partial charge in [-0.1, -0.05) is 12.2 Å². The molecule has 0 radical (unpaired) electrons. The molecule has 0 aliphatic heterocycles. The fourth-order valence-electron chi connectivity index (χ4n) is 0.496. The molecular weight excluding hydrogens is 128 g/mol. The van der Waals surface area contributed by atoms with Gasteiger partial charge in [0.15, 0.2) is 0 Å². The molecule has 0 saturated carbocycles. The molecular formula is C8H10O2. The van der Waals surface area contributed by atoms with Crippen LogP contribution in [-0.4, -0.2) is 12.6 Å². The van der Waals surface area contributed by atoms with Gasteiger partial charge in [-0.2, -0.15) is 0 Å². The zero-order valence-electron chi connectivity index (χ0n) is 5.69. The van der Waals surface area contributed by atoms with Crippen molar-refractivity contribution in [2.24, 2.45) is 0 Å². The lowest BCUT2D eigenvalue weighted by atomic mass is 10.3. The van der Waals surface area contributed by atoms with Gasteiger partial charge in [0.25, 0.3) is 0 Å². The molecule has 0 bridgehead atoms. The van der Waals surface area contributed by atoms with Crippen molar-refractivity contribution in [1.29, 1.82) is 0 Å². The first-order valence-corrected chi connectivity index (χ1v) is 3.12. The summed E-state index contributed by atoms with van der Waals surface area (Å²) in [4.78, 5) is 19.5. The molecule has 0 amide bonds. The van der Waals surface area contributed by atoms with Gasteiger partial charge < -0.3 is 0 Å². The quantitative estimate of drug-likeness (QED) is 0.326. The third-order valence-electron chi connectivity index (χ3n) is 0.929.